The van der Waals surface area contributed by atoms with E-state index in [9.17, 15) is 0 Å². The summed E-state index contributed by atoms with van der Waals surface area (Å²) in [4.78, 5) is 3.49. The van der Waals surface area contributed by atoms with Crippen molar-refractivity contribution in [2.45, 2.75) is 64.2 Å². The predicted octanol–water partition coefficient (Wildman–Crippen LogP) is 5.12. The first kappa shape index (κ1) is 11.2. The van der Waals surface area contributed by atoms with Gasteiger partial charge in [0.2, 0.25) is 0 Å². The largest absolute Gasteiger partial charge is 0.360 e. The molecule has 15 heavy (non-hydrogen) atoms. The molecule has 2 heteroatoms. The number of hydrogen-bond donors (Lipinski definition) is 1. The fourth-order valence-electron chi connectivity index (χ4n) is 2.55. The number of rotatable bonds is 1. The molecule has 0 aliphatic heterocycles. The van der Waals surface area contributed by atoms with E-state index >= 15 is 0 Å². The average Bonchev–Trinajstić information content (AvgIpc) is 2.69. The van der Waals surface area contributed by atoms with Crippen molar-refractivity contribution < 1.29 is 0 Å². The van der Waals surface area contributed by atoms with Gasteiger partial charge in [0.05, 0.1) is 0 Å². The van der Waals surface area contributed by atoms with Crippen LogP contribution in [0.2, 0.25) is 0 Å². The third-order valence-corrected chi connectivity index (χ3v) is 4.68. The molecule has 1 aliphatic carbocycles. The fourth-order valence-corrected chi connectivity index (χ4v) is 3.63. The van der Waals surface area contributed by atoms with Crippen LogP contribution in [0.15, 0.2) is 6.20 Å². The zero-order valence-electron chi connectivity index (χ0n) is 9.76. The van der Waals surface area contributed by atoms with Gasteiger partial charge in [0.1, 0.15) is 0 Å². The van der Waals surface area contributed by atoms with Gasteiger partial charge in [0.25, 0.3) is 0 Å². The van der Waals surface area contributed by atoms with Crippen molar-refractivity contribution in [2.75, 3.05) is 0 Å². The summed E-state index contributed by atoms with van der Waals surface area (Å²) in [6, 6.07) is 0. The first-order valence-corrected chi connectivity index (χ1v) is 7.27. The van der Waals surface area contributed by atoms with Gasteiger partial charge in [0.15, 0.2) is 0 Å². The van der Waals surface area contributed by atoms with Crippen LogP contribution >= 0.6 is 8.19 Å². The molecule has 0 unspecified atom stereocenters. The van der Waals surface area contributed by atoms with Crippen molar-refractivity contribution >= 4 is 8.19 Å². The number of hydrogen-bond acceptors (Lipinski definition) is 0. The summed E-state index contributed by atoms with van der Waals surface area (Å²) >= 11 is 0. The topological polar surface area (TPSA) is 15.8 Å². The second kappa shape index (κ2) is 5.70. The van der Waals surface area contributed by atoms with Crippen LogP contribution in [-0.4, -0.2) is 4.98 Å². The van der Waals surface area contributed by atoms with Gasteiger partial charge in [-0.3, -0.25) is 0 Å². The molecular weight excluding hydrogens is 201 g/mol. The Labute approximate surface area is 94.8 Å². The monoisotopic (exact) mass is 223 g/mol. The van der Waals surface area contributed by atoms with E-state index in [1.54, 1.807) is 5.43 Å². The summed E-state index contributed by atoms with van der Waals surface area (Å²) in [5.74, 6) is 0.846. The van der Waals surface area contributed by atoms with Gasteiger partial charge in [0, 0.05) is 17.5 Å². The number of aromatic nitrogens is 1. The molecule has 0 aromatic carbocycles. The van der Waals surface area contributed by atoms with Crippen LogP contribution in [0.4, 0.5) is 0 Å². The highest BCUT2D eigenvalue weighted by Gasteiger charge is 2.14. The lowest BCUT2D eigenvalue weighted by molar-refractivity contribution is 0.537. The van der Waals surface area contributed by atoms with Crippen LogP contribution < -0.4 is 0 Å². The molecule has 0 atom stereocenters. The minimum Gasteiger partial charge on any atom is -0.360 e. The zero-order chi connectivity index (χ0) is 10.5. The zero-order valence-corrected chi connectivity index (χ0v) is 10.7. The molecule has 1 N–H and O–H groups in total. The number of aromatic amines is 1. The van der Waals surface area contributed by atoms with Gasteiger partial charge in [-0.15, -0.1) is 0 Å². The third-order valence-electron chi connectivity index (χ3n) is 3.47. The molecule has 0 radical (unpaired) electrons. The molecule has 1 saturated carbocycles. The van der Waals surface area contributed by atoms with Crippen LogP contribution in [0.25, 0.3) is 0 Å². The molecule has 0 spiro atoms. The second-order valence-electron chi connectivity index (χ2n) is 4.82. The van der Waals surface area contributed by atoms with E-state index in [2.05, 4.69) is 18.1 Å². The van der Waals surface area contributed by atoms with Crippen molar-refractivity contribution in [3.8, 4) is 0 Å². The van der Waals surface area contributed by atoms with E-state index in [0.717, 1.165) is 5.92 Å². The molecule has 0 amide bonds. The SMILES string of the molecule is Cc1c[nH]c(C2CCCCCCCC2)p1. The summed E-state index contributed by atoms with van der Waals surface area (Å²) in [5.41, 5.74) is 1.58. The van der Waals surface area contributed by atoms with Gasteiger partial charge >= 0.3 is 0 Å². The third kappa shape index (κ3) is 3.34. The molecule has 84 valence electrons. The van der Waals surface area contributed by atoms with Gasteiger partial charge in [-0.05, 0) is 33.3 Å². The summed E-state index contributed by atoms with van der Waals surface area (Å²) in [6.07, 6.45) is 13.7. The molecule has 0 saturated heterocycles. The Morgan fingerprint density at radius 3 is 2.20 bits per heavy atom. The summed E-state index contributed by atoms with van der Waals surface area (Å²) in [6.45, 7) is 2.22. The quantitative estimate of drug-likeness (QED) is 0.680. The standard InChI is InChI=1S/C13H22NP/c1-11-10-14-13(15-11)12-8-6-4-2-3-5-7-9-12/h10,12,14H,2-9H2,1H3. The summed E-state index contributed by atoms with van der Waals surface area (Å²) in [5, 5.41) is 1.48. The van der Waals surface area contributed by atoms with Crippen molar-refractivity contribution in [1.29, 1.82) is 0 Å². The van der Waals surface area contributed by atoms with E-state index in [1.165, 1.54) is 64.9 Å². The molecular formula is C13H22NP. The van der Waals surface area contributed by atoms with Crippen molar-refractivity contribution in [1.82, 2.24) is 4.98 Å². The van der Waals surface area contributed by atoms with Crippen LogP contribution in [0.1, 0.15) is 68.0 Å². The molecule has 2 rings (SSSR count). The highest BCUT2D eigenvalue weighted by Crippen LogP contribution is 2.34. The van der Waals surface area contributed by atoms with Crippen molar-refractivity contribution in [2.24, 2.45) is 0 Å². The minimum atomic E-state index is 0.846. The maximum Gasteiger partial charge on any atom is 0.0458 e. The number of nitrogens with one attached hydrogen (secondary N) is 1. The van der Waals surface area contributed by atoms with Crippen molar-refractivity contribution in [3.05, 3.63) is 16.9 Å². The highest BCUT2D eigenvalue weighted by molar-refractivity contribution is 7.31. The van der Waals surface area contributed by atoms with Gasteiger partial charge in [-0.25, -0.2) is 0 Å². The number of H-pyrrole nitrogens is 1. The molecule has 0 bridgehead atoms. The van der Waals surface area contributed by atoms with Crippen LogP contribution in [0.3, 0.4) is 0 Å². The van der Waals surface area contributed by atoms with E-state index in [4.69, 9.17) is 0 Å². The van der Waals surface area contributed by atoms with Gasteiger partial charge < -0.3 is 4.98 Å². The smallest absolute Gasteiger partial charge is 0.0458 e. The lowest BCUT2D eigenvalue weighted by atomic mass is 9.98. The Kier molecular flexibility index (Phi) is 4.26. The summed E-state index contributed by atoms with van der Waals surface area (Å²) < 4.78 is 0. The maximum absolute atomic E-state index is 3.49. The van der Waals surface area contributed by atoms with E-state index in [1.807, 2.05) is 0 Å². The molecule has 1 aliphatic rings. The highest BCUT2D eigenvalue weighted by atomic mass is 31.0. The molecule has 1 aromatic heterocycles. The molecule has 1 nitrogen and oxygen atoms in total. The molecule has 1 heterocycles. The maximum atomic E-state index is 3.49. The predicted molar refractivity (Wildman–Crippen MR) is 67.7 cm³/mol. The average molecular weight is 223 g/mol. The fraction of sp³-hybridized carbons (Fsp3) is 0.769. The second-order valence-corrected chi connectivity index (χ2v) is 6.23. The molecule has 1 aromatic rings. The normalized spacial score (nSPS) is 21.1. The minimum absolute atomic E-state index is 0.846. The Bertz CT molecular complexity index is 282. The van der Waals surface area contributed by atoms with Gasteiger partial charge in [-0.1, -0.05) is 38.5 Å². The van der Waals surface area contributed by atoms with E-state index in [-0.39, 0.29) is 0 Å². The Morgan fingerprint density at radius 2 is 1.67 bits per heavy atom. The first-order valence-electron chi connectivity index (χ1n) is 6.38. The van der Waals surface area contributed by atoms with Crippen molar-refractivity contribution in [3.63, 3.8) is 0 Å². The van der Waals surface area contributed by atoms with E-state index in [0.29, 0.717) is 0 Å². The van der Waals surface area contributed by atoms with Crippen LogP contribution in [-0.2, 0) is 0 Å². The lowest BCUT2D eigenvalue weighted by Crippen LogP contribution is -1.97. The van der Waals surface area contributed by atoms with E-state index < -0.39 is 0 Å². The van der Waals surface area contributed by atoms with Crippen LogP contribution in [0, 0.1) is 6.92 Å². The Morgan fingerprint density at radius 1 is 1.07 bits per heavy atom. The summed E-state index contributed by atoms with van der Waals surface area (Å²) in [7, 11) is 1.46. The van der Waals surface area contributed by atoms with Crippen LogP contribution in [0.5, 0.6) is 0 Å². The Hall–Kier alpha value is -0.290. The van der Waals surface area contributed by atoms with Gasteiger partial charge in [-0.2, -0.15) is 0 Å². The first-order chi connectivity index (χ1) is 7.36. The Balaban J connectivity index is 1.98. The lowest BCUT2D eigenvalue weighted by Gasteiger charge is -2.13. The number of aryl methyl sites for hydroxylation is 1. The molecule has 1 fully saturated rings.